The summed E-state index contributed by atoms with van der Waals surface area (Å²) < 4.78 is 0. The van der Waals surface area contributed by atoms with Gasteiger partial charge < -0.3 is 26.5 Å². The zero-order valence-corrected chi connectivity index (χ0v) is 19.2. The van der Waals surface area contributed by atoms with Crippen LogP contribution in [0.4, 0.5) is 11.4 Å². The molecular formula is C22H28N8O2S. The monoisotopic (exact) mass is 468 g/mol. The number of hydrazine groups is 2. The number of benzene rings is 1. The number of aromatic amines is 1. The van der Waals surface area contributed by atoms with Crippen LogP contribution in [0, 0.1) is 0 Å². The van der Waals surface area contributed by atoms with Gasteiger partial charge >= 0.3 is 0 Å². The molecule has 2 amide bonds. The molecule has 11 heteroatoms. The molecular weight excluding hydrogens is 440 g/mol. The number of carbonyl (C=O) groups is 2. The average molecular weight is 469 g/mol. The van der Waals surface area contributed by atoms with E-state index >= 15 is 0 Å². The number of nitrogens with zero attached hydrogens (tertiary/aromatic N) is 2. The summed E-state index contributed by atoms with van der Waals surface area (Å²) in [7, 11) is 1.66. The maximum atomic E-state index is 12.4. The highest BCUT2D eigenvalue weighted by molar-refractivity contribution is 7.11. The molecule has 4 rings (SSSR count). The molecule has 1 aliphatic rings. The number of fused-ring (bicyclic) bond motifs is 1. The van der Waals surface area contributed by atoms with Crippen molar-refractivity contribution in [1.82, 2.24) is 31.1 Å². The third kappa shape index (κ3) is 5.88. The second kappa shape index (κ2) is 10.9. The fourth-order valence-electron chi connectivity index (χ4n) is 3.73. The molecule has 0 bridgehead atoms. The topological polar surface area (TPSA) is 136 Å². The van der Waals surface area contributed by atoms with E-state index < -0.39 is 0 Å². The van der Waals surface area contributed by atoms with Crippen LogP contribution in [0.25, 0.3) is 11.3 Å². The van der Waals surface area contributed by atoms with Gasteiger partial charge in [0.15, 0.2) is 0 Å². The number of hydrogen-bond donors (Lipinski definition) is 6. The molecule has 174 valence electrons. The second-order valence-electron chi connectivity index (χ2n) is 7.86. The smallest absolute Gasteiger partial charge is 0.263 e. The van der Waals surface area contributed by atoms with Crippen LogP contribution in [-0.4, -0.2) is 40.4 Å². The zero-order chi connectivity index (χ0) is 23.0. The van der Waals surface area contributed by atoms with E-state index in [4.69, 9.17) is 0 Å². The lowest BCUT2D eigenvalue weighted by Gasteiger charge is -2.15. The predicted octanol–water partition coefficient (Wildman–Crippen LogP) is 3.00. The Morgan fingerprint density at radius 3 is 2.82 bits per heavy atom. The highest BCUT2D eigenvalue weighted by Gasteiger charge is 2.19. The van der Waals surface area contributed by atoms with Crippen molar-refractivity contribution in [2.75, 3.05) is 24.4 Å². The van der Waals surface area contributed by atoms with Gasteiger partial charge in [-0.1, -0.05) is 18.9 Å². The SMILES string of the molecule is CNC(=O)CCCCCC(CNC(=O)c1cncs1)c1ncc(-c2ccc3c(c2)NNN3)[nH]1. The van der Waals surface area contributed by atoms with Gasteiger partial charge in [-0.2, -0.15) is 0 Å². The number of aromatic nitrogens is 3. The minimum absolute atomic E-state index is 0.0338. The molecule has 33 heavy (non-hydrogen) atoms. The zero-order valence-electron chi connectivity index (χ0n) is 18.4. The van der Waals surface area contributed by atoms with Crippen molar-refractivity contribution in [3.8, 4) is 11.3 Å². The lowest BCUT2D eigenvalue weighted by Crippen LogP contribution is -2.28. The first-order chi connectivity index (χ1) is 16.1. The number of hydrogen-bond acceptors (Lipinski definition) is 8. The fraction of sp³-hybridized carbons (Fsp3) is 0.364. The van der Waals surface area contributed by atoms with Crippen LogP contribution in [0.2, 0.25) is 0 Å². The number of H-pyrrole nitrogens is 1. The quantitative estimate of drug-likeness (QED) is 0.238. The molecule has 0 saturated heterocycles. The number of thiazole rings is 1. The number of imidazole rings is 1. The molecule has 0 fully saturated rings. The molecule has 1 unspecified atom stereocenters. The van der Waals surface area contributed by atoms with Gasteiger partial charge in [0.05, 0.1) is 35.0 Å². The van der Waals surface area contributed by atoms with Crippen molar-refractivity contribution in [3.05, 3.63) is 46.8 Å². The van der Waals surface area contributed by atoms with E-state index in [9.17, 15) is 9.59 Å². The van der Waals surface area contributed by atoms with Gasteiger partial charge in [0.25, 0.3) is 5.91 Å². The summed E-state index contributed by atoms with van der Waals surface area (Å²) >= 11 is 1.32. The number of unbranched alkanes of at least 4 members (excludes halogenated alkanes) is 2. The Labute approximate surface area is 195 Å². The van der Waals surface area contributed by atoms with Crippen molar-refractivity contribution in [2.45, 2.75) is 38.0 Å². The molecule has 0 aliphatic carbocycles. The summed E-state index contributed by atoms with van der Waals surface area (Å²) in [5.41, 5.74) is 14.5. The van der Waals surface area contributed by atoms with E-state index in [1.54, 1.807) is 18.8 Å². The lowest BCUT2D eigenvalue weighted by molar-refractivity contribution is -0.120. The van der Waals surface area contributed by atoms with E-state index in [0.717, 1.165) is 54.1 Å². The predicted molar refractivity (Wildman–Crippen MR) is 129 cm³/mol. The van der Waals surface area contributed by atoms with Crippen LogP contribution in [0.3, 0.4) is 0 Å². The summed E-state index contributed by atoms with van der Waals surface area (Å²) in [5, 5.41) is 5.67. The van der Waals surface area contributed by atoms with Gasteiger partial charge in [-0.05, 0) is 25.0 Å². The van der Waals surface area contributed by atoms with Gasteiger partial charge in [-0.3, -0.25) is 14.6 Å². The molecule has 1 atom stereocenters. The highest BCUT2D eigenvalue weighted by Crippen LogP contribution is 2.30. The molecule has 10 nitrogen and oxygen atoms in total. The molecule has 0 radical (unpaired) electrons. The Morgan fingerprint density at radius 2 is 2.00 bits per heavy atom. The van der Waals surface area contributed by atoms with Crippen molar-refractivity contribution in [1.29, 1.82) is 0 Å². The van der Waals surface area contributed by atoms with Gasteiger partial charge in [0, 0.05) is 31.5 Å². The van der Waals surface area contributed by atoms with Crippen LogP contribution >= 0.6 is 11.3 Å². The Bertz CT molecular complexity index is 1080. The van der Waals surface area contributed by atoms with Crippen LogP contribution in [-0.2, 0) is 4.79 Å². The molecule has 1 aromatic carbocycles. The largest absolute Gasteiger partial charge is 0.359 e. The Morgan fingerprint density at radius 1 is 1.12 bits per heavy atom. The molecule has 0 spiro atoms. The summed E-state index contributed by atoms with van der Waals surface area (Å²) in [4.78, 5) is 36.5. The summed E-state index contributed by atoms with van der Waals surface area (Å²) in [6.07, 6.45) is 7.51. The van der Waals surface area contributed by atoms with E-state index in [0.29, 0.717) is 17.8 Å². The molecule has 6 N–H and O–H groups in total. The van der Waals surface area contributed by atoms with E-state index in [1.165, 1.54) is 11.3 Å². The van der Waals surface area contributed by atoms with Crippen molar-refractivity contribution in [3.63, 3.8) is 0 Å². The number of nitrogens with one attached hydrogen (secondary N) is 6. The van der Waals surface area contributed by atoms with E-state index in [2.05, 4.69) is 42.0 Å². The maximum absolute atomic E-state index is 12.4. The number of amides is 2. The number of carbonyl (C=O) groups excluding carboxylic acids is 2. The van der Waals surface area contributed by atoms with E-state index in [1.807, 2.05) is 24.4 Å². The minimum atomic E-state index is -0.126. The van der Waals surface area contributed by atoms with Crippen LogP contribution in [0.5, 0.6) is 0 Å². The number of rotatable bonds is 11. The van der Waals surface area contributed by atoms with E-state index in [-0.39, 0.29) is 17.7 Å². The Balaban J connectivity index is 1.41. The fourth-order valence-corrected chi connectivity index (χ4v) is 4.26. The van der Waals surface area contributed by atoms with Crippen molar-refractivity contribution in [2.24, 2.45) is 0 Å². The summed E-state index contributed by atoms with van der Waals surface area (Å²) in [6, 6.07) is 6.06. The molecule has 2 aromatic heterocycles. The van der Waals surface area contributed by atoms with Crippen LogP contribution in [0.15, 0.2) is 36.1 Å². The van der Waals surface area contributed by atoms with Crippen LogP contribution in [0.1, 0.15) is 53.5 Å². The summed E-state index contributed by atoms with van der Waals surface area (Å²) in [6.45, 7) is 0.471. The molecule has 0 saturated carbocycles. The maximum Gasteiger partial charge on any atom is 0.263 e. The van der Waals surface area contributed by atoms with Gasteiger partial charge in [0.1, 0.15) is 10.7 Å². The van der Waals surface area contributed by atoms with Gasteiger partial charge in [-0.25, -0.2) is 4.98 Å². The molecule has 3 aromatic rings. The molecule has 3 heterocycles. The Hall–Kier alpha value is -3.44. The minimum Gasteiger partial charge on any atom is -0.359 e. The number of anilines is 2. The first-order valence-corrected chi connectivity index (χ1v) is 11.9. The normalized spacial score (nSPS) is 13.0. The second-order valence-corrected chi connectivity index (χ2v) is 8.75. The van der Waals surface area contributed by atoms with Gasteiger partial charge in [0.2, 0.25) is 5.91 Å². The average Bonchev–Trinajstić information content (AvgIpc) is 3.61. The third-order valence-electron chi connectivity index (χ3n) is 5.61. The Kier molecular flexibility index (Phi) is 7.53. The first kappa shape index (κ1) is 22.7. The third-order valence-corrected chi connectivity index (χ3v) is 6.38. The summed E-state index contributed by atoms with van der Waals surface area (Å²) in [5.74, 6) is 0.809. The standard InChI is InChI=1S/C22H28N8O2S/c1-23-20(31)6-4-2-3-5-15(10-26-22(32)19-12-24-13-33-19)21-25-11-18(27-21)14-7-8-16-17(9-14)29-30-28-16/h7-9,11-13,15,28-30H,2-6,10H2,1H3,(H,23,31)(H,25,27)(H,26,32). The van der Waals surface area contributed by atoms with Gasteiger partial charge in [-0.15, -0.1) is 16.9 Å². The first-order valence-electron chi connectivity index (χ1n) is 11.0. The highest BCUT2D eigenvalue weighted by atomic mass is 32.1. The van der Waals surface area contributed by atoms with Crippen molar-refractivity contribution < 1.29 is 9.59 Å². The van der Waals surface area contributed by atoms with Crippen LogP contribution < -0.4 is 27.0 Å². The lowest BCUT2D eigenvalue weighted by atomic mass is 9.99. The van der Waals surface area contributed by atoms with Crippen molar-refractivity contribution >= 4 is 34.5 Å². The molecule has 1 aliphatic heterocycles.